The van der Waals surface area contributed by atoms with E-state index in [1.165, 1.54) is 19.3 Å². The molecule has 2 unspecified atom stereocenters. The molecule has 0 spiro atoms. The lowest BCUT2D eigenvalue weighted by atomic mass is 9.84. The number of nitrogens with zero attached hydrogens (tertiary/aromatic N) is 1. The molecule has 0 aromatic heterocycles. The fraction of sp³-hybridized carbons (Fsp3) is 1.00. The SMILES string of the molecule is CN1CCCC(O)(C2CCCCCN2)CC1. The van der Waals surface area contributed by atoms with Gasteiger partial charge in [-0.25, -0.2) is 0 Å². The van der Waals surface area contributed by atoms with E-state index in [0.29, 0.717) is 6.04 Å². The second kappa shape index (κ2) is 5.48. The molecule has 0 bridgehead atoms. The van der Waals surface area contributed by atoms with Crippen molar-refractivity contribution in [3.63, 3.8) is 0 Å². The molecule has 0 aromatic carbocycles. The normalized spacial score (nSPS) is 39.0. The Balaban J connectivity index is 1.98. The molecule has 0 radical (unpaired) electrons. The summed E-state index contributed by atoms with van der Waals surface area (Å²) in [4.78, 5) is 2.34. The monoisotopic (exact) mass is 226 g/mol. The second-order valence-corrected chi connectivity index (χ2v) is 5.62. The van der Waals surface area contributed by atoms with Gasteiger partial charge in [0, 0.05) is 12.6 Å². The topological polar surface area (TPSA) is 35.5 Å². The first-order valence-corrected chi connectivity index (χ1v) is 6.85. The fourth-order valence-electron chi connectivity index (χ4n) is 3.11. The second-order valence-electron chi connectivity index (χ2n) is 5.62. The minimum absolute atomic E-state index is 0.335. The first-order chi connectivity index (χ1) is 7.71. The van der Waals surface area contributed by atoms with E-state index in [4.69, 9.17) is 0 Å². The molecule has 94 valence electrons. The van der Waals surface area contributed by atoms with E-state index >= 15 is 0 Å². The minimum Gasteiger partial charge on any atom is -0.388 e. The van der Waals surface area contributed by atoms with Crippen LogP contribution in [0.2, 0.25) is 0 Å². The first kappa shape index (κ1) is 12.3. The van der Waals surface area contributed by atoms with Crippen LogP contribution in [0.1, 0.15) is 44.9 Å². The molecule has 2 rings (SSSR count). The van der Waals surface area contributed by atoms with Gasteiger partial charge >= 0.3 is 0 Å². The van der Waals surface area contributed by atoms with Gasteiger partial charge in [-0.2, -0.15) is 0 Å². The van der Waals surface area contributed by atoms with Crippen LogP contribution >= 0.6 is 0 Å². The minimum atomic E-state index is -0.449. The molecule has 0 aromatic rings. The van der Waals surface area contributed by atoms with Crippen LogP contribution in [0.3, 0.4) is 0 Å². The highest BCUT2D eigenvalue weighted by atomic mass is 16.3. The number of likely N-dealkylation sites (tertiary alicyclic amines) is 1. The zero-order valence-electron chi connectivity index (χ0n) is 10.5. The van der Waals surface area contributed by atoms with Crippen LogP contribution in [-0.4, -0.2) is 48.3 Å². The van der Waals surface area contributed by atoms with Crippen molar-refractivity contribution in [2.24, 2.45) is 0 Å². The average Bonchev–Trinajstić information content (AvgIpc) is 2.62. The molecule has 3 nitrogen and oxygen atoms in total. The van der Waals surface area contributed by atoms with E-state index in [9.17, 15) is 5.11 Å². The van der Waals surface area contributed by atoms with Gasteiger partial charge in [-0.1, -0.05) is 12.8 Å². The highest BCUT2D eigenvalue weighted by molar-refractivity contribution is 4.94. The maximum Gasteiger partial charge on any atom is 0.0812 e. The Bertz CT molecular complexity index is 214. The van der Waals surface area contributed by atoms with Gasteiger partial charge < -0.3 is 15.3 Å². The van der Waals surface area contributed by atoms with Crippen molar-refractivity contribution >= 4 is 0 Å². The molecule has 2 saturated heterocycles. The number of hydrogen-bond acceptors (Lipinski definition) is 3. The summed E-state index contributed by atoms with van der Waals surface area (Å²) < 4.78 is 0. The van der Waals surface area contributed by atoms with Gasteiger partial charge in [0.25, 0.3) is 0 Å². The lowest BCUT2D eigenvalue weighted by Gasteiger charge is -2.35. The van der Waals surface area contributed by atoms with Crippen LogP contribution in [0.4, 0.5) is 0 Å². The van der Waals surface area contributed by atoms with Crippen molar-refractivity contribution in [3.8, 4) is 0 Å². The molecule has 3 heteroatoms. The molecule has 2 aliphatic heterocycles. The van der Waals surface area contributed by atoms with E-state index in [1.54, 1.807) is 0 Å². The Labute approximate surface area is 99.2 Å². The Morgan fingerprint density at radius 2 is 2.00 bits per heavy atom. The van der Waals surface area contributed by atoms with Crippen LogP contribution < -0.4 is 5.32 Å². The van der Waals surface area contributed by atoms with E-state index < -0.39 is 5.60 Å². The third-order valence-electron chi connectivity index (χ3n) is 4.28. The predicted octanol–water partition coefficient (Wildman–Crippen LogP) is 1.37. The first-order valence-electron chi connectivity index (χ1n) is 6.85. The molecule has 0 amide bonds. The maximum atomic E-state index is 10.8. The lowest BCUT2D eigenvalue weighted by Crippen LogP contribution is -2.50. The van der Waals surface area contributed by atoms with Crippen molar-refractivity contribution in [1.82, 2.24) is 10.2 Å². The molecule has 2 heterocycles. The van der Waals surface area contributed by atoms with Gasteiger partial charge in [0.2, 0.25) is 0 Å². The van der Waals surface area contributed by atoms with Crippen molar-refractivity contribution in [3.05, 3.63) is 0 Å². The van der Waals surface area contributed by atoms with E-state index in [-0.39, 0.29) is 0 Å². The van der Waals surface area contributed by atoms with Crippen LogP contribution in [0.15, 0.2) is 0 Å². The van der Waals surface area contributed by atoms with Crippen molar-refractivity contribution in [1.29, 1.82) is 0 Å². The molecule has 16 heavy (non-hydrogen) atoms. The van der Waals surface area contributed by atoms with Gasteiger partial charge in [-0.05, 0) is 52.2 Å². The van der Waals surface area contributed by atoms with Gasteiger partial charge in [-0.15, -0.1) is 0 Å². The summed E-state index contributed by atoms with van der Waals surface area (Å²) in [7, 11) is 2.16. The van der Waals surface area contributed by atoms with Gasteiger partial charge in [-0.3, -0.25) is 0 Å². The van der Waals surface area contributed by atoms with Gasteiger partial charge in [0.1, 0.15) is 0 Å². The molecular weight excluding hydrogens is 200 g/mol. The summed E-state index contributed by atoms with van der Waals surface area (Å²) in [6.07, 6.45) is 8.04. The van der Waals surface area contributed by atoms with E-state index in [2.05, 4.69) is 17.3 Å². The average molecular weight is 226 g/mol. The standard InChI is InChI=1S/C13H26N2O/c1-15-10-5-7-13(16,8-11-15)12-6-3-2-4-9-14-12/h12,14,16H,2-11H2,1H3. The number of rotatable bonds is 1. The smallest absolute Gasteiger partial charge is 0.0812 e. The van der Waals surface area contributed by atoms with Gasteiger partial charge in [0.05, 0.1) is 5.60 Å². The number of hydrogen-bond donors (Lipinski definition) is 2. The molecule has 0 saturated carbocycles. The Kier molecular flexibility index (Phi) is 4.22. The molecule has 2 fully saturated rings. The van der Waals surface area contributed by atoms with Crippen LogP contribution in [0.25, 0.3) is 0 Å². The third-order valence-corrected chi connectivity index (χ3v) is 4.28. The molecule has 0 aliphatic carbocycles. The summed E-state index contributed by atoms with van der Waals surface area (Å²) in [5, 5.41) is 14.4. The Morgan fingerprint density at radius 3 is 2.88 bits per heavy atom. The van der Waals surface area contributed by atoms with Crippen LogP contribution in [0, 0.1) is 0 Å². The molecular formula is C13H26N2O. The number of aliphatic hydroxyl groups is 1. The zero-order chi connectivity index (χ0) is 11.4. The molecule has 2 aliphatic rings. The highest BCUT2D eigenvalue weighted by Crippen LogP contribution is 2.29. The zero-order valence-corrected chi connectivity index (χ0v) is 10.5. The largest absolute Gasteiger partial charge is 0.388 e. The van der Waals surface area contributed by atoms with Crippen molar-refractivity contribution < 1.29 is 5.11 Å². The van der Waals surface area contributed by atoms with E-state index in [1.807, 2.05) is 0 Å². The maximum absolute atomic E-state index is 10.8. The fourth-order valence-corrected chi connectivity index (χ4v) is 3.11. The highest BCUT2D eigenvalue weighted by Gasteiger charge is 2.37. The summed E-state index contributed by atoms with van der Waals surface area (Å²) in [5.41, 5.74) is -0.449. The van der Waals surface area contributed by atoms with Crippen molar-refractivity contribution in [2.75, 3.05) is 26.7 Å². The van der Waals surface area contributed by atoms with Crippen LogP contribution in [-0.2, 0) is 0 Å². The lowest BCUT2D eigenvalue weighted by molar-refractivity contribution is -0.0125. The van der Waals surface area contributed by atoms with Crippen molar-refractivity contribution in [2.45, 2.75) is 56.6 Å². The summed E-state index contributed by atoms with van der Waals surface area (Å²) >= 11 is 0. The predicted molar refractivity (Wildman–Crippen MR) is 66.6 cm³/mol. The Hall–Kier alpha value is -0.120. The molecule has 2 atom stereocenters. The summed E-state index contributed by atoms with van der Waals surface area (Å²) in [5.74, 6) is 0. The summed E-state index contributed by atoms with van der Waals surface area (Å²) in [6.45, 7) is 3.26. The molecule has 2 N–H and O–H groups in total. The van der Waals surface area contributed by atoms with Crippen LogP contribution in [0.5, 0.6) is 0 Å². The summed E-state index contributed by atoms with van der Waals surface area (Å²) in [6, 6.07) is 0.335. The third kappa shape index (κ3) is 2.96. The quantitative estimate of drug-likeness (QED) is 0.709. The number of nitrogens with one attached hydrogen (secondary N) is 1. The Morgan fingerprint density at radius 1 is 1.12 bits per heavy atom. The van der Waals surface area contributed by atoms with E-state index in [0.717, 1.165) is 45.3 Å². The van der Waals surface area contributed by atoms with Gasteiger partial charge in [0.15, 0.2) is 0 Å².